The number of aromatic hydroxyl groups is 1. The second-order valence-electron chi connectivity index (χ2n) is 13.4. The number of phenols is 1. The predicted molar refractivity (Wildman–Crippen MR) is 174 cm³/mol. The fraction of sp³-hybridized carbons (Fsp3) is 0.636. The van der Waals surface area contributed by atoms with Crippen molar-refractivity contribution < 1.29 is 33.9 Å². The van der Waals surface area contributed by atoms with E-state index in [9.17, 15) is 33.9 Å². The Balaban J connectivity index is 1.68. The van der Waals surface area contributed by atoms with Gasteiger partial charge in [-0.15, -0.1) is 0 Å². The van der Waals surface area contributed by atoms with Crippen molar-refractivity contribution in [3.63, 3.8) is 0 Å². The molecule has 0 spiro atoms. The highest BCUT2D eigenvalue weighted by Gasteiger charge is 2.39. The molecule has 2 saturated heterocycles. The van der Waals surface area contributed by atoms with Crippen LogP contribution in [0.5, 0.6) is 5.75 Å². The molecule has 260 valence electrons. The van der Waals surface area contributed by atoms with Gasteiger partial charge in [-0.1, -0.05) is 39.8 Å². The third-order valence-corrected chi connectivity index (χ3v) is 8.43. The first-order valence-corrected chi connectivity index (χ1v) is 16.5. The Labute approximate surface area is 276 Å². The molecule has 2 heterocycles. The van der Waals surface area contributed by atoms with Crippen LogP contribution in [0.4, 0.5) is 0 Å². The number of nitrogens with one attached hydrogen (secondary N) is 5. The molecule has 14 nitrogen and oxygen atoms in total. The highest BCUT2D eigenvalue weighted by Crippen LogP contribution is 2.21. The summed E-state index contributed by atoms with van der Waals surface area (Å²) in [6.07, 6.45) is 2.42. The molecular weight excluding hydrogens is 606 g/mol. The molecule has 0 aromatic heterocycles. The average molecular weight is 658 g/mol. The summed E-state index contributed by atoms with van der Waals surface area (Å²) in [6, 6.07) is 1.17. The fourth-order valence-electron chi connectivity index (χ4n) is 5.72. The number of benzene rings is 1. The smallest absolute Gasteiger partial charge is 0.245 e. The number of carbonyl (C=O) groups is 6. The van der Waals surface area contributed by atoms with Crippen LogP contribution >= 0.6 is 0 Å². The number of likely N-dealkylation sites (tertiary alicyclic amines) is 1. The molecule has 1 aromatic carbocycles. The van der Waals surface area contributed by atoms with Crippen molar-refractivity contribution in [3.8, 4) is 5.75 Å². The van der Waals surface area contributed by atoms with E-state index >= 15 is 0 Å². The third-order valence-electron chi connectivity index (χ3n) is 8.43. The maximum Gasteiger partial charge on any atom is 0.245 e. The summed E-state index contributed by atoms with van der Waals surface area (Å²) >= 11 is 0. The van der Waals surface area contributed by atoms with Gasteiger partial charge in [0.1, 0.15) is 36.0 Å². The first kappa shape index (κ1) is 37.3. The molecule has 2 aliphatic rings. The Hall–Kier alpha value is -4.20. The number of hydrogen-bond acceptors (Lipinski definition) is 8. The highest BCUT2D eigenvalue weighted by atomic mass is 16.3. The summed E-state index contributed by atoms with van der Waals surface area (Å²) in [5.41, 5.74) is 6.21. The standard InChI is InChI=1S/C33H51N7O7/c1-18(2)15-24(28(34)42)37-32(46)27-7-6-14-40(27)33(47)26(16-19(3)4)39-29(43)20(5)36-31(45)25(38-30(44)23-12-13-35-23)17-21-8-10-22(41)11-9-21/h8-11,18-20,23-27,35,41H,6-7,12-17H2,1-5H3,(H2,34,42)(H,36,45)(H,37,46)(H,38,44)(H,39,43)/t20-,23?,24-,25-,26-,27-/m0/s1. The zero-order valence-electron chi connectivity index (χ0n) is 28.0. The molecule has 0 saturated carbocycles. The minimum atomic E-state index is -1.06. The third kappa shape index (κ3) is 10.9. The van der Waals surface area contributed by atoms with Crippen LogP contribution in [0.15, 0.2) is 24.3 Å². The molecule has 2 aliphatic heterocycles. The number of rotatable bonds is 16. The van der Waals surface area contributed by atoms with E-state index in [1.165, 1.54) is 24.0 Å². The average Bonchev–Trinajstić information content (AvgIpc) is 3.45. The van der Waals surface area contributed by atoms with Gasteiger partial charge in [0, 0.05) is 13.0 Å². The highest BCUT2D eigenvalue weighted by molar-refractivity contribution is 5.96. The molecule has 0 aliphatic carbocycles. The Bertz CT molecular complexity index is 1280. The maximum atomic E-state index is 13.8. The number of phenolic OH excluding ortho intramolecular Hbond substituents is 1. The van der Waals surface area contributed by atoms with Crippen molar-refractivity contribution in [2.75, 3.05) is 13.1 Å². The van der Waals surface area contributed by atoms with Crippen molar-refractivity contribution in [2.45, 2.75) is 109 Å². The van der Waals surface area contributed by atoms with Gasteiger partial charge in [-0.25, -0.2) is 0 Å². The SMILES string of the molecule is CC(C)C[C@H](NC(=O)[C@@H]1CCCN1C(=O)[C@H](CC(C)C)NC(=O)[C@H](C)NC(=O)[C@H](Cc1ccc(O)cc1)NC(=O)C1CCN1)C(N)=O. The minimum Gasteiger partial charge on any atom is -0.508 e. The summed E-state index contributed by atoms with van der Waals surface area (Å²) in [4.78, 5) is 79.9. The number of hydrogen-bond donors (Lipinski definition) is 7. The van der Waals surface area contributed by atoms with E-state index in [-0.39, 0.29) is 29.9 Å². The van der Waals surface area contributed by atoms with Gasteiger partial charge < -0.3 is 42.3 Å². The van der Waals surface area contributed by atoms with E-state index in [1.807, 2.05) is 27.7 Å². The van der Waals surface area contributed by atoms with E-state index < -0.39 is 65.8 Å². The number of primary amides is 1. The molecule has 3 rings (SSSR count). The van der Waals surface area contributed by atoms with Crippen LogP contribution in [0.2, 0.25) is 0 Å². The van der Waals surface area contributed by atoms with Crippen LogP contribution < -0.4 is 32.3 Å². The zero-order valence-corrected chi connectivity index (χ0v) is 28.0. The molecular formula is C33H51N7O7. The monoisotopic (exact) mass is 657 g/mol. The number of nitrogens with zero attached hydrogens (tertiary/aromatic N) is 1. The van der Waals surface area contributed by atoms with Crippen molar-refractivity contribution in [3.05, 3.63) is 29.8 Å². The lowest BCUT2D eigenvalue weighted by molar-refractivity contribution is -0.142. The van der Waals surface area contributed by atoms with Crippen LogP contribution in [0.25, 0.3) is 0 Å². The van der Waals surface area contributed by atoms with Gasteiger partial charge in [-0.05, 0) is 75.1 Å². The Morgan fingerprint density at radius 2 is 1.43 bits per heavy atom. The van der Waals surface area contributed by atoms with Gasteiger partial charge in [0.25, 0.3) is 0 Å². The molecule has 6 atom stereocenters. The van der Waals surface area contributed by atoms with E-state index in [0.29, 0.717) is 50.8 Å². The number of amides is 6. The molecule has 0 bridgehead atoms. The second-order valence-corrected chi connectivity index (χ2v) is 13.4. The molecule has 2 fully saturated rings. The summed E-state index contributed by atoms with van der Waals surface area (Å²) in [7, 11) is 0. The Morgan fingerprint density at radius 3 is 1.98 bits per heavy atom. The molecule has 0 radical (unpaired) electrons. The zero-order chi connectivity index (χ0) is 34.8. The largest absolute Gasteiger partial charge is 0.508 e. The minimum absolute atomic E-state index is 0.0133. The van der Waals surface area contributed by atoms with Crippen LogP contribution in [0.3, 0.4) is 0 Å². The van der Waals surface area contributed by atoms with Gasteiger partial charge >= 0.3 is 0 Å². The van der Waals surface area contributed by atoms with E-state index in [0.717, 1.165) is 0 Å². The molecule has 1 unspecified atom stereocenters. The lowest BCUT2D eigenvalue weighted by Crippen LogP contribution is -2.60. The second kappa shape index (κ2) is 17.1. The van der Waals surface area contributed by atoms with Crippen LogP contribution in [-0.2, 0) is 35.2 Å². The topological polar surface area (TPSA) is 212 Å². The first-order valence-electron chi connectivity index (χ1n) is 16.5. The van der Waals surface area contributed by atoms with Crippen LogP contribution in [0, 0.1) is 11.8 Å². The normalized spacial score (nSPS) is 20.0. The molecule has 1 aromatic rings. The summed E-state index contributed by atoms with van der Waals surface area (Å²) in [5, 5.41) is 23.5. The van der Waals surface area contributed by atoms with Gasteiger partial charge in [0.15, 0.2) is 0 Å². The fourth-order valence-corrected chi connectivity index (χ4v) is 5.72. The Morgan fingerprint density at radius 1 is 0.830 bits per heavy atom. The molecule has 14 heteroatoms. The first-order chi connectivity index (χ1) is 22.2. The van der Waals surface area contributed by atoms with Crippen LogP contribution in [-0.4, -0.2) is 94.8 Å². The number of nitrogens with two attached hydrogens (primary N) is 1. The molecule has 47 heavy (non-hydrogen) atoms. The summed E-state index contributed by atoms with van der Waals surface area (Å²) < 4.78 is 0. The number of carbonyl (C=O) groups excluding carboxylic acids is 6. The van der Waals surface area contributed by atoms with E-state index in [2.05, 4.69) is 26.6 Å². The quantitative estimate of drug-likeness (QED) is 0.126. The van der Waals surface area contributed by atoms with E-state index in [1.54, 1.807) is 12.1 Å². The summed E-state index contributed by atoms with van der Waals surface area (Å²) in [6.45, 7) is 10.1. The van der Waals surface area contributed by atoms with Crippen molar-refractivity contribution in [1.82, 2.24) is 31.5 Å². The van der Waals surface area contributed by atoms with Gasteiger partial charge in [0.2, 0.25) is 35.4 Å². The van der Waals surface area contributed by atoms with Gasteiger partial charge in [-0.3, -0.25) is 28.8 Å². The van der Waals surface area contributed by atoms with Crippen molar-refractivity contribution >= 4 is 35.4 Å². The van der Waals surface area contributed by atoms with E-state index in [4.69, 9.17) is 5.73 Å². The predicted octanol–water partition coefficient (Wildman–Crippen LogP) is -0.176. The van der Waals surface area contributed by atoms with Gasteiger partial charge in [0.05, 0.1) is 6.04 Å². The molecule has 6 amide bonds. The maximum absolute atomic E-state index is 13.8. The van der Waals surface area contributed by atoms with Crippen LogP contribution in [0.1, 0.15) is 72.3 Å². The Kier molecular flexibility index (Phi) is 13.6. The molecule has 8 N–H and O–H groups in total. The lowest BCUT2D eigenvalue weighted by atomic mass is 10.0. The van der Waals surface area contributed by atoms with Gasteiger partial charge in [-0.2, -0.15) is 0 Å². The lowest BCUT2D eigenvalue weighted by Gasteiger charge is -2.31. The van der Waals surface area contributed by atoms with Crippen molar-refractivity contribution in [1.29, 1.82) is 0 Å². The summed E-state index contributed by atoms with van der Waals surface area (Å²) in [5.74, 6) is -2.85. The van der Waals surface area contributed by atoms with Crippen molar-refractivity contribution in [2.24, 2.45) is 17.6 Å².